The highest BCUT2D eigenvalue weighted by atomic mass is 35.5. The molecular formula is C8H9ClN4O2. The van der Waals surface area contributed by atoms with Crippen molar-refractivity contribution < 1.29 is 4.92 Å². The number of pyridine rings is 1. The number of hydrogen-bond acceptors (Lipinski definition) is 5. The Hall–Kier alpha value is -1.82. The van der Waals surface area contributed by atoms with Gasteiger partial charge in [0, 0.05) is 7.05 Å². The quantitative estimate of drug-likeness (QED) is 0.463. The van der Waals surface area contributed by atoms with Crippen molar-refractivity contribution in [1.82, 2.24) is 10.3 Å². The molecule has 0 radical (unpaired) electrons. The minimum Gasteiger partial charge on any atom is -0.370 e. The first-order valence-corrected chi connectivity index (χ1v) is 4.42. The largest absolute Gasteiger partial charge is 0.370 e. The lowest BCUT2D eigenvalue weighted by molar-refractivity contribution is -0.403. The Bertz CT molecular complexity index is 394. The number of aromatic nitrogens is 1. The Morgan fingerprint density at radius 2 is 2.40 bits per heavy atom. The van der Waals surface area contributed by atoms with E-state index in [1.807, 2.05) is 0 Å². The fourth-order valence-corrected chi connectivity index (χ4v) is 1.04. The normalized spacial score (nSPS) is 10.9. The van der Waals surface area contributed by atoms with Crippen molar-refractivity contribution in [2.45, 2.75) is 0 Å². The molecule has 0 bridgehead atoms. The van der Waals surface area contributed by atoms with Crippen LogP contribution in [0.25, 0.3) is 0 Å². The van der Waals surface area contributed by atoms with E-state index < -0.39 is 4.92 Å². The van der Waals surface area contributed by atoms with Crippen LogP contribution in [0.5, 0.6) is 0 Å². The van der Waals surface area contributed by atoms with Gasteiger partial charge in [0.1, 0.15) is 11.0 Å². The fourth-order valence-electron chi connectivity index (χ4n) is 0.881. The molecule has 6 nitrogen and oxygen atoms in total. The summed E-state index contributed by atoms with van der Waals surface area (Å²) in [5.41, 5.74) is 0. The molecule has 1 rings (SSSR count). The molecule has 1 aromatic rings. The lowest BCUT2D eigenvalue weighted by Crippen LogP contribution is -2.16. The van der Waals surface area contributed by atoms with Crippen LogP contribution in [-0.4, -0.2) is 17.0 Å². The number of nitro groups is 1. The van der Waals surface area contributed by atoms with Gasteiger partial charge in [-0.15, -0.1) is 0 Å². The molecule has 0 atom stereocenters. The summed E-state index contributed by atoms with van der Waals surface area (Å²) >= 11 is 5.65. The molecule has 0 aliphatic carbocycles. The summed E-state index contributed by atoms with van der Waals surface area (Å²) in [5, 5.41) is 15.9. The third-order valence-corrected chi connectivity index (χ3v) is 1.69. The number of halogens is 1. The molecule has 0 aliphatic heterocycles. The highest BCUT2D eigenvalue weighted by molar-refractivity contribution is 6.29. The summed E-state index contributed by atoms with van der Waals surface area (Å²) in [4.78, 5) is 13.6. The molecule has 0 saturated carbocycles. The molecule has 7 heteroatoms. The second-order valence-electron chi connectivity index (χ2n) is 2.55. The minimum atomic E-state index is -0.566. The van der Waals surface area contributed by atoms with Crippen LogP contribution in [0.4, 0.5) is 5.82 Å². The summed E-state index contributed by atoms with van der Waals surface area (Å²) in [6.07, 6.45) is 0.808. The molecule has 1 heterocycles. The van der Waals surface area contributed by atoms with Crippen molar-refractivity contribution in [2.24, 2.45) is 0 Å². The standard InChI is InChI=1S/C8H9ClN4O2/c1-10-8(5-13(14)15)12-7-4-2-3-6(9)11-7/h2-5,10H,1H3,(H,11,12)/b8-5+. The SMILES string of the molecule is CN/C(=C\[N+](=O)[O-])Nc1cccc(Cl)n1. The van der Waals surface area contributed by atoms with Crippen molar-refractivity contribution in [1.29, 1.82) is 0 Å². The molecule has 0 saturated heterocycles. The van der Waals surface area contributed by atoms with Crippen LogP contribution in [0.3, 0.4) is 0 Å². The molecule has 2 N–H and O–H groups in total. The zero-order chi connectivity index (χ0) is 11.3. The van der Waals surface area contributed by atoms with Gasteiger partial charge in [0.2, 0.25) is 0 Å². The maximum absolute atomic E-state index is 10.2. The highest BCUT2D eigenvalue weighted by Gasteiger charge is 2.02. The zero-order valence-corrected chi connectivity index (χ0v) is 8.65. The van der Waals surface area contributed by atoms with Crippen molar-refractivity contribution in [3.8, 4) is 0 Å². The third-order valence-electron chi connectivity index (χ3n) is 1.48. The lowest BCUT2D eigenvalue weighted by atomic mass is 10.4. The van der Waals surface area contributed by atoms with Gasteiger partial charge in [-0.2, -0.15) is 0 Å². The maximum atomic E-state index is 10.2. The highest BCUT2D eigenvalue weighted by Crippen LogP contribution is 2.10. The summed E-state index contributed by atoms with van der Waals surface area (Å²) in [5.74, 6) is 0.666. The fraction of sp³-hybridized carbons (Fsp3) is 0.125. The van der Waals surface area contributed by atoms with Crippen LogP contribution in [-0.2, 0) is 0 Å². The topological polar surface area (TPSA) is 80.1 Å². The number of hydrogen-bond donors (Lipinski definition) is 2. The summed E-state index contributed by atoms with van der Waals surface area (Å²) in [7, 11) is 1.56. The summed E-state index contributed by atoms with van der Waals surface area (Å²) in [6.45, 7) is 0. The molecule has 0 aromatic carbocycles. The molecule has 80 valence electrons. The molecule has 0 fully saturated rings. The van der Waals surface area contributed by atoms with E-state index in [-0.39, 0.29) is 5.82 Å². The van der Waals surface area contributed by atoms with Crippen LogP contribution >= 0.6 is 11.6 Å². The third kappa shape index (κ3) is 3.82. The molecule has 0 unspecified atom stereocenters. The van der Waals surface area contributed by atoms with Gasteiger partial charge < -0.3 is 10.6 Å². The van der Waals surface area contributed by atoms with Crippen LogP contribution in [0.15, 0.2) is 30.2 Å². The Kier molecular flexibility index (Phi) is 3.87. The Morgan fingerprint density at radius 1 is 1.67 bits per heavy atom. The molecule has 15 heavy (non-hydrogen) atoms. The van der Waals surface area contributed by atoms with Crippen molar-refractivity contribution in [3.05, 3.63) is 45.5 Å². The predicted octanol–water partition coefficient (Wildman–Crippen LogP) is 1.44. The maximum Gasteiger partial charge on any atom is 0.274 e. The van der Waals surface area contributed by atoms with Gasteiger partial charge in [-0.25, -0.2) is 4.98 Å². The van der Waals surface area contributed by atoms with E-state index in [1.54, 1.807) is 25.2 Å². The number of rotatable bonds is 4. The smallest absolute Gasteiger partial charge is 0.274 e. The van der Waals surface area contributed by atoms with Crippen molar-refractivity contribution >= 4 is 17.4 Å². The summed E-state index contributed by atoms with van der Waals surface area (Å²) in [6, 6.07) is 4.96. The van der Waals surface area contributed by atoms with Crippen LogP contribution in [0.1, 0.15) is 0 Å². The van der Waals surface area contributed by atoms with Crippen LogP contribution < -0.4 is 10.6 Å². The predicted molar refractivity (Wildman–Crippen MR) is 57.0 cm³/mol. The first kappa shape index (κ1) is 11.3. The van der Waals surface area contributed by atoms with E-state index in [4.69, 9.17) is 11.6 Å². The van der Waals surface area contributed by atoms with E-state index >= 15 is 0 Å². The minimum absolute atomic E-state index is 0.231. The number of anilines is 1. The van der Waals surface area contributed by atoms with E-state index in [2.05, 4.69) is 15.6 Å². The van der Waals surface area contributed by atoms with Gasteiger partial charge in [-0.05, 0) is 12.1 Å². The van der Waals surface area contributed by atoms with E-state index in [0.717, 1.165) is 6.20 Å². The van der Waals surface area contributed by atoms with Crippen LogP contribution in [0, 0.1) is 10.1 Å². The van der Waals surface area contributed by atoms with E-state index in [1.165, 1.54) is 0 Å². The molecular weight excluding hydrogens is 220 g/mol. The van der Waals surface area contributed by atoms with Crippen LogP contribution in [0.2, 0.25) is 5.15 Å². The monoisotopic (exact) mass is 228 g/mol. The second kappa shape index (κ2) is 5.16. The average Bonchev–Trinajstić information content (AvgIpc) is 2.16. The Labute approximate surface area is 91.1 Å². The van der Waals surface area contributed by atoms with E-state index in [0.29, 0.717) is 11.0 Å². The van der Waals surface area contributed by atoms with Gasteiger partial charge in [0.15, 0.2) is 5.82 Å². The molecule has 0 amide bonds. The Balaban J connectivity index is 2.80. The molecule has 0 spiro atoms. The van der Waals surface area contributed by atoms with Crippen molar-refractivity contribution in [3.63, 3.8) is 0 Å². The Morgan fingerprint density at radius 3 is 2.93 bits per heavy atom. The molecule has 1 aromatic heterocycles. The average molecular weight is 229 g/mol. The van der Waals surface area contributed by atoms with Gasteiger partial charge >= 0.3 is 0 Å². The van der Waals surface area contributed by atoms with Gasteiger partial charge in [0.05, 0.1) is 4.92 Å². The zero-order valence-electron chi connectivity index (χ0n) is 7.90. The van der Waals surface area contributed by atoms with Gasteiger partial charge in [-0.3, -0.25) is 10.1 Å². The summed E-state index contributed by atoms with van der Waals surface area (Å²) < 4.78 is 0. The first-order valence-electron chi connectivity index (χ1n) is 4.04. The van der Waals surface area contributed by atoms with Gasteiger partial charge in [0.25, 0.3) is 6.20 Å². The first-order chi connectivity index (χ1) is 7.11. The second-order valence-corrected chi connectivity index (χ2v) is 2.94. The number of nitrogens with zero attached hydrogens (tertiary/aromatic N) is 2. The lowest BCUT2D eigenvalue weighted by Gasteiger charge is -2.06. The molecule has 0 aliphatic rings. The number of nitrogens with one attached hydrogen (secondary N) is 2. The van der Waals surface area contributed by atoms with Gasteiger partial charge in [-0.1, -0.05) is 17.7 Å². The van der Waals surface area contributed by atoms with Crippen molar-refractivity contribution in [2.75, 3.05) is 12.4 Å². The van der Waals surface area contributed by atoms with E-state index in [9.17, 15) is 10.1 Å².